The number of ether oxygens (including phenoxy) is 1. The summed E-state index contributed by atoms with van der Waals surface area (Å²) in [4.78, 5) is 11.8. The van der Waals surface area contributed by atoms with Gasteiger partial charge in [-0.15, -0.1) is 0 Å². The molecule has 2 N–H and O–H groups in total. The number of para-hydroxylation sites is 2. The SMILES string of the molecule is CCOC(=O)/C=C1/CC(/C=C/c2ccccc2)Nc2ccccc2N1. The topological polar surface area (TPSA) is 50.4 Å². The summed E-state index contributed by atoms with van der Waals surface area (Å²) in [5.41, 5.74) is 3.94. The molecule has 25 heavy (non-hydrogen) atoms. The van der Waals surface area contributed by atoms with E-state index in [2.05, 4.69) is 34.9 Å². The number of benzene rings is 2. The van der Waals surface area contributed by atoms with Crippen LogP contribution in [-0.2, 0) is 9.53 Å². The van der Waals surface area contributed by atoms with E-state index in [0.29, 0.717) is 13.0 Å². The summed E-state index contributed by atoms with van der Waals surface area (Å²) in [6.45, 7) is 2.17. The summed E-state index contributed by atoms with van der Waals surface area (Å²) >= 11 is 0. The number of carbonyl (C=O) groups is 1. The van der Waals surface area contributed by atoms with Crippen molar-refractivity contribution in [3.63, 3.8) is 0 Å². The lowest BCUT2D eigenvalue weighted by Gasteiger charge is -2.13. The number of hydrogen-bond acceptors (Lipinski definition) is 4. The molecule has 0 aliphatic carbocycles. The maximum Gasteiger partial charge on any atom is 0.332 e. The molecule has 1 aliphatic heterocycles. The molecule has 0 radical (unpaired) electrons. The Labute approximate surface area is 148 Å². The zero-order chi connectivity index (χ0) is 17.5. The Kier molecular flexibility index (Phi) is 5.52. The van der Waals surface area contributed by atoms with Gasteiger partial charge in [-0.2, -0.15) is 0 Å². The lowest BCUT2D eigenvalue weighted by Crippen LogP contribution is -2.16. The van der Waals surface area contributed by atoms with Crippen LogP contribution in [0.2, 0.25) is 0 Å². The molecule has 4 nitrogen and oxygen atoms in total. The van der Waals surface area contributed by atoms with Gasteiger partial charge in [0, 0.05) is 18.2 Å². The van der Waals surface area contributed by atoms with Gasteiger partial charge in [0.2, 0.25) is 0 Å². The highest BCUT2D eigenvalue weighted by atomic mass is 16.5. The molecule has 0 bridgehead atoms. The van der Waals surface area contributed by atoms with Gasteiger partial charge in [0.05, 0.1) is 24.0 Å². The Bertz CT molecular complexity index is 781. The summed E-state index contributed by atoms with van der Waals surface area (Å²) in [7, 11) is 0. The molecule has 1 aliphatic rings. The summed E-state index contributed by atoms with van der Waals surface area (Å²) in [5.74, 6) is -0.324. The number of nitrogens with one attached hydrogen (secondary N) is 2. The van der Waals surface area contributed by atoms with Crippen molar-refractivity contribution in [3.05, 3.63) is 78.0 Å². The van der Waals surface area contributed by atoms with Gasteiger partial charge < -0.3 is 15.4 Å². The van der Waals surface area contributed by atoms with Gasteiger partial charge in [-0.05, 0) is 24.6 Å². The van der Waals surface area contributed by atoms with Crippen LogP contribution in [0, 0.1) is 0 Å². The van der Waals surface area contributed by atoms with Crippen LogP contribution in [0.4, 0.5) is 11.4 Å². The molecule has 4 heteroatoms. The maximum absolute atomic E-state index is 11.8. The minimum atomic E-state index is -0.324. The van der Waals surface area contributed by atoms with E-state index in [0.717, 1.165) is 22.6 Å². The molecule has 0 spiro atoms. The molecule has 2 aromatic carbocycles. The third-order valence-corrected chi connectivity index (χ3v) is 3.90. The fraction of sp³-hybridized carbons (Fsp3) is 0.190. The molecule has 0 saturated heterocycles. The predicted molar refractivity (Wildman–Crippen MR) is 102 cm³/mol. The Morgan fingerprint density at radius 1 is 1.12 bits per heavy atom. The van der Waals surface area contributed by atoms with Crippen LogP contribution >= 0.6 is 0 Å². The number of anilines is 2. The second kappa shape index (κ2) is 8.20. The van der Waals surface area contributed by atoms with Gasteiger partial charge in [0.25, 0.3) is 0 Å². The average Bonchev–Trinajstić information content (AvgIpc) is 2.79. The monoisotopic (exact) mass is 334 g/mol. The van der Waals surface area contributed by atoms with Crippen molar-refractivity contribution in [3.8, 4) is 0 Å². The molecule has 1 unspecified atom stereocenters. The molecule has 0 amide bonds. The first-order chi connectivity index (χ1) is 12.2. The second-order valence-corrected chi connectivity index (χ2v) is 5.82. The molecule has 1 atom stereocenters. The zero-order valence-corrected chi connectivity index (χ0v) is 14.2. The highest BCUT2D eigenvalue weighted by molar-refractivity contribution is 5.84. The van der Waals surface area contributed by atoms with Crippen molar-refractivity contribution >= 4 is 23.4 Å². The van der Waals surface area contributed by atoms with E-state index in [-0.39, 0.29) is 12.0 Å². The maximum atomic E-state index is 11.8. The third-order valence-electron chi connectivity index (χ3n) is 3.90. The van der Waals surface area contributed by atoms with Crippen LogP contribution in [-0.4, -0.2) is 18.6 Å². The molecule has 1 heterocycles. The summed E-state index contributed by atoms with van der Waals surface area (Å²) in [5, 5.41) is 6.86. The van der Waals surface area contributed by atoms with Crippen LogP contribution in [0.3, 0.4) is 0 Å². The van der Waals surface area contributed by atoms with Crippen molar-refractivity contribution in [2.24, 2.45) is 0 Å². The highest BCUT2D eigenvalue weighted by Crippen LogP contribution is 2.29. The van der Waals surface area contributed by atoms with Gasteiger partial charge in [-0.3, -0.25) is 0 Å². The Morgan fingerprint density at radius 2 is 1.84 bits per heavy atom. The quantitative estimate of drug-likeness (QED) is 0.641. The normalized spacial score (nSPS) is 18.1. The van der Waals surface area contributed by atoms with E-state index in [1.165, 1.54) is 6.08 Å². The molecule has 0 saturated carbocycles. The summed E-state index contributed by atoms with van der Waals surface area (Å²) in [6.07, 6.45) is 6.42. The van der Waals surface area contributed by atoms with Crippen molar-refractivity contribution in [1.29, 1.82) is 0 Å². The lowest BCUT2D eigenvalue weighted by atomic mass is 10.1. The van der Waals surface area contributed by atoms with Crippen molar-refractivity contribution < 1.29 is 9.53 Å². The molecular weight excluding hydrogens is 312 g/mol. The van der Waals surface area contributed by atoms with Crippen molar-refractivity contribution in [2.75, 3.05) is 17.2 Å². The van der Waals surface area contributed by atoms with Gasteiger partial charge in [-0.1, -0.05) is 54.6 Å². The number of fused-ring (bicyclic) bond motifs is 1. The fourth-order valence-corrected chi connectivity index (χ4v) is 2.76. The molecule has 0 fully saturated rings. The zero-order valence-electron chi connectivity index (χ0n) is 14.2. The number of rotatable bonds is 4. The molecule has 2 aromatic rings. The summed E-state index contributed by atoms with van der Waals surface area (Å²) < 4.78 is 5.04. The summed E-state index contributed by atoms with van der Waals surface area (Å²) in [6, 6.07) is 18.2. The molecule has 128 valence electrons. The van der Waals surface area contributed by atoms with E-state index < -0.39 is 0 Å². The number of esters is 1. The van der Waals surface area contributed by atoms with Gasteiger partial charge in [-0.25, -0.2) is 4.79 Å². The lowest BCUT2D eigenvalue weighted by molar-refractivity contribution is -0.137. The Balaban J connectivity index is 1.85. The molecule has 3 rings (SSSR count). The van der Waals surface area contributed by atoms with Crippen LogP contribution in [0.25, 0.3) is 6.08 Å². The van der Waals surface area contributed by atoms with E-state index in [1.807, 2.05) is 42.5 Å². The van der Waals surface area contributed by atoms with E-state index in [9.17, 15) is 4.79 Å². The third kappa shape index (κ3) is 4.73. The standard InChI is InChI=1S/C21H22N2O2/c1-2-25-21(24)15-18-14-17(13-12-16-8-4-3-5-9-16)22-19-10-6-7-11-20(19)23-18/h3-13,15,17,22-23H,2,14H2,1H3/b13-12+,18-15-. The van der Waals surface area contributed by atoms with E-state index in [1.54, 1.807) is 6.92 Å². The van der Waals surface area contributed by atoms with Crippen molar-refractivity contribution in [2.45, 2.75) is 19.4 Å². The smallest absolute Gasteiger partial charge is 0.332 e. The first-order valence-electron chi connectivity index (χ1n) is 8.48. The first-order valence-corrected chi connectivity index (χ1v) is 8.48. The minimum absolute atomic E-state index is 0.0667. The second-order valence-electron chi connectivity index (χ2n) is 5.82. The van der Waals surface area contributed by atoms with Gasteiger partial charge >= 0.3 is 5.97 Å². The largest absolute Gasteiger partial charge is 0.463 e. The van der Waals surface area contributed by atoms with Crippen molar-refractivity contribution in [1.82, 2.24) is 0 Å². The van der Waals surface area contributed by atoms with Crippen LogP contribution < -0.4 is 10.6 Å². The van der Waals surface area contributed by atoms with Crippen LogP contribution in [0.15, 0.2) is 72.4 Å². The molecular formula is C21H22N2O2. The van der Waals surface area contributed by atoms with Crippen LogP contribution in [0.5, 0.6) is 0 Å². The highest BCUT2D eigenvalue weighted by Gasteiger charge is 2.17. The predicted octanol–water partition coefficient (Wildman–Crippen LogP) is 4.44. The minimum Gasteiger partial charge on any atom is -0.463 e. The average molecular weight is 334 g/mol. The Morgan fingerprint density at radius 3 is 2.60 bits per heavy atom. The number of hydrogen-bond donors (Lipinski definition) is 2. The number of carbonyl (C=O) groups excluding carboxylic acids is 1. The first kappa shape index (κ1) is 16.8. The fourth-order valence-electron chi connectivity index (χ4n) is 2.76. The molecule has 0 aromatic heterocycles. The van der Waals surface area contributed by atoms with Crippen LogP contribution in [0.1, 0.15) is 18.9 Å². The van der Waals surface area contributed by atoms with E-state index >= 15 is 0 Å². The Hall–Kier alpha value is -3.01. The van der Waals surface area contributed by atoms with Gasteiger partial charge in [0.15, 0.2) is 0 Å². The van der Waals surface area contributed by atoms with Gasteiger partial charge in [0.1, 0.15) is 0 Å². The van der Waals surface area contributed by atoms with E-state index in [4.69, 9.17) is 4.74 Å².